The zero-order valence-corrected chi connectivity index (χ0v) is 19.2. The van der Waals surface area contributed by atoms with Crippen molar-refractivity contribution < 1.29 is 14.4 Å². The Bertz CT molecular complexity index is 1390. The molecule has 8 nitrogen and oxygen atoms in total. The summed E-state index contributed by atoms with van der Waals surface area (Å²) in [5.74, 6) is 0.790. The molecule has 9 heteroatoms. The molecule has 0 aromatic carbocycles. The van der Waals surface area contributed by atoms with Crippen molar-refractivity contribution in [2.75, 3.05) is 0 Å². The fourth-order valence-corrected chi connectivity index (χ4v) is 4.70. The van der Waals surface area contributed by atoms with Crippen LogP contribution >= 0.6 is 11.6 Å². The van der Waals surface area contributed by atoms with Gasteiger partial charge in [-0.25, -0.2) is 19.0 Å². The van der Waals surface area contributed by atoms with E-state index in [0.29, 0.717) is 28.0 Å². The minimum Gasteiger partial charge on any atom is -0.842 e. The van der Waals surface area contributed by atoms with E-state index in [1.54, 1.807) is 46.9 Å². The number of aryl methyl sites for hydroxylation is 2. The van der Waals surface area contributed by atoms with Gasteiger partial charge in [-0.05, 0) is 37.8 Å². The minimum absolute atomic E-state index is 0.0270. The molecule has 0 amide bonds. The van der Waals surface area contributed by atoms with Crippen molar-refractivity contribution in [3.05, 3.63) is 75.1 Å². The molecule has 1 aliphatic rings. The normalized spacial score (nSPS) is 14.3. The monoisotopic (exact) mass is 465 g/mol. The molecular weight excluding hydrogens is 442 g/mol. The van der Waals surface area contributed by atoms with Gasteiger partial charge in [-0.2, -0.15) is 9.50 Å². The number of halogens is 1. The Kier molecular flexibility index (Phi) is 5.54. The molecule has 170 valence electrons. The lowest BCUT2D eigenvalue weighted by Crippen LogP contribution is -2.45. The summed E-state index contributed by atoms with van der Waals surface area (Å²) in [4.78, 5) is 17.6. The van der Waals surface area contributed by atoms with Gasteiger partial charge in [-0.1, -0.05) is 30.5 Å². The summed E-state index contributed by atoms with van der Waals surface area (Å²) >= 11 is 5.92. The summed E-state index contributed by atoms with van der Waals surface area (Å²) in [7, 11) is 1.80. The molecule has 0 N–H and O–H groups in total. The third kappa shape index (κ3) is 4.06. The van der Waals surface area contributed by atoms with E-state index in [1.165, 1.54) is 4.40 Å². The van der Waals surface area contributed by atoms with E-state index in [1.807, 2.05) is 19.1 Å². The lowest BCUT2D eigenvalue weighted by Gasteiger charge is -2.20. The third-order valence-corrected chi connectivity index (χ3v) is 6.40. The number of rotatable bonds is 5. The maximum Gasteiger partial charge on any atom is 0.345 e. The molecule has 0 bridgehead atoms. The molecule has 4 heterocycles. The van der Waals surface area contributed by atoms with E-state index in [4.69, 9.17) is 16.3 Å². The minimum atomic E-state index is -0.279. The number of ether oxygens (including phenoxy) is 1. The molecule has 4 aromatic rings. The predicted octanol–water partition coefficient (Wildman–Crippen LogP) is 3.25. The lowest BCUT2D eigenvalue weighted by atomic mass is 9.99. The van der Waals surface area contributed by atoms with Crippen LogP contribution in [0.3, 0.4) is 0 Å². The topological polar surface area (TPSA) is 88.4 Å². The van der Waals surface area contributed by atoms with Gasteiger partial charge in [0.2, 0.25) is 5.88 Å². The van der Waals surface area contributed by atoms with E-state index in [0.717, 1.165) is 36.9 Å². The highest BCUT2D eigenvalue weighted by molar-refractivity contribution is 6.29. The highest BCUT2D eigenvalue weighted by atomic mass is 35.5. The number of hydrogen-bond acceptors (Lipinski definition) is 5. The number of hydrogen-bond donors (Lipinski definition) is 0. The van der Waals surface area contributed by atoms with Gasteiger partial charge in [0, 0.05) is 30.9 Å². The first-order valence-electron chi connectivity index (χ1n) is 11.0. The van der Waals surface area contributed by atoms with Crippen molar-refractivity contribution in [2.24, 2.45) is 7.05 Å². The van der Waals surface area contributed by atoms with Crippen molar-refractivity contribution in [1.29, 1.82) is 0 Å². The average Bonchev–Trinajstić information content (AvgIpc) is 3.42. The Morgan fingerprint density at radius 3 is 2.70 bits per heavy atom. The van der Waals surface area contributed by atoms with Gasteiger partial charge in [0.15, 0.2) is 5.75 Å². The molecule has 1 fully saturated rings. The molecule has 1 saturated carbocycles. The molecule has 0 atom stereocenters. The molecule has 0 unspecified atom stereocenters. The number of pyridine rings is 2. The Morgan fingerprint density at radius 1 is 1.24 bits per heavy atom. The van der Waals surface area contributed by atoms with E-state index < -0.39 is 0 Å². The molecule has 0 saturated heterocycles. The van der Waals surface area contributed by atoms with Crippen LogP contribution in [0.5, 0.6) is 17.5 Å². The van der Waals surface area contributed by atoms with Crippen LogP contribution < -0.4 is 20.0 Å². The quantitative estimate of drug-likeness (QED) is 0.333. The zero-order valence-electron chi connectivity index (χ0n) is 18.5. The Labute approximate surface area is 195 Å². The van der Waals surface area contributed by atoms with Crippen LogP contribution in [-0.2, 0) is 13.6 Å². The Morgan fingerprint density at radius 2 is 2.03 bits per heavy atom. The first-order valence-corrected chi connectivity index (χ1v) is 11.4. The summed E-state index contributed by atoms with van der Waals surface area (Å²) in [5.41, 5.74) is 2.22. The lowest BCUT2D eigenvalue weighted by molar-refractivity contribution is -0.709. The van der Waals surface area contributed by atoms with Crippen LogP contribution in [0.2, 0.25) is 5.15 Å². The van der Waals surface area contributed by atoms with Gasteiger partial charge in [0.1, 0.15) is 17.9 Å². The maximum absolute atomic E-state index is 13.5. The summed E-state index contributed by atoms with van der Waals surface area (Å²) in [6.07, 6.45) is 7.04. The van der Waals surface area contributed by atoms with Crippen molar-refractivity contribution >= 4 is 17.2 Å². The molecular formula is C24H24ClN5O3. The van der Waals surface area contributed by atoms with Crippen LogP contribution in [0, 0.1) is 6.92 Å². The second-order valence-corrected chi connectivity index (χ2v) is 8.91. The van der Waals surface area contributed by atoms with E-state index in [-0.39, 0.29) is 23.9 Å². The van der Waals surface area contributed by atoms with Gasteiger partial charge in [-0.3, -0.25) is 0 Å². The maximum atomic E-state index is 13.5. The molecule has 0 radical (unpaired) electrons. The van der Waals surface area contributed by atoms with Crippen LogP contribution in [0.15, 0.2) is 47.5 Å². The van der Waals surface area contributed by atoms with Crippen molar-refractivity contribution in [1.82, 2.24) is 19.2 Å². The van der Waals surface area contributed by atoms with Crippen molar-refractivity contribution in [2.45, 2.75) is 45.1 Å². The fraction of sp³-hybridized carbons (Fsp3) is 0.333. The van der Waals surface area contributed by atoms with Gasteiger partial charge < -0.3 is 9.84 Å². The van der Waals surface area contributed by atoms with Crippen LogP contribution in [0.25, 0.3) is 5.65 Å². The highest BCUT2D eigenvalue weighted by Crippen LogP contribution is 2.35. The average molecular weight is 466 g/mol. The Hall–Kier alpha value is -3.39. The van der Waals surface area contributed by atoms with E-state index in [2.05, 4.69) is 10.1 Å². The van der Waals surface area contributed by atoms with Crippen LogP contribution in [-0.4, -0.2) is 19.2 Å². The number of nitrogens with zero attached hydrogens (tertiary/aromatic N) is 5. The van der Waals surface area contributed by atoms with Crippen molar-refractivity contribution in [3.63, 3.8) is 0 Å². The molecule has 33 heavy (non-hydrogen) atoms. The Balaban J connectivity index is 1.66. The van der Waals surface area contributed by atoms with E-state index in [9.17, 15) is 9.90 Å². The predicted molar refractivity (Wildman–Crippen MR) is 121 cm³/mol. The fourth-order valence-electron chi connectivity index (χ4n) is 4.59. The summed E-state index contributed by atoms with van der Waals surface area (Å²) in [5, 5.41) is 18.2. The molecule has 5 rings (SSSR count). The third-order valence-electron chi connectivity index (χ3n) is 6.18. The smallest absolute Gasteiger partial charge is 0.345 e. The standard InChI is InChI=1S/C24H24ClN5O3/c1-15-11-21(28(2)27-15)33-18-8-10-20-29(13-16-7-9-19(25)26-12-16)23(31)22(17-5-3-4-6-17)24(32)30(20)14-18/h7-12,14,17H,3-6,13H2,1-2H3. The second kappa shape index (κ2) is 8.51. The van der Waals surface area contributed by atoms with Crippen molar-refractivity contribution in [3.8, 4) is 17.5 Å². The van der Waals surface area contributed by atoms with Crippen LogP contribution in [0.1, 0.15) is 48.4 Å². The molecule has 4 aromatic heterocycles. The summed E-state index contributed by atoms with van der Waals surface area (Å²) in [6, 6.07) is 8.84. The first-order chi connectivity index (χ1) is 15.9. The first kappa shape index (κ1) is 21.5. The molecule has 1 aliphatic carbocycles. The number of aromatic nitrogens is 5. The largest absolute Gasteiger partial charge is 0.842 e. The van der Waals surface area contributed by atoms with Gasteiger partial charge >= 0.3 is 5.56 Å². The second-order valence-electron chi connectivity index (χ2n) is 8.52. The SMILES string of the molecule is Cc1cc(Oc2ccc3n(c2)c(=O)c(C2CCCC2)c([O-])[n+]3Cc2ccc(Cl)nc2)n(C)n1. The van der Waals surface area contributed by atoms with Gasteiger partial charge in [-0.15, -0.1) is 0 Å². The zero-order chi connectivity index (χ0) is 23.1. The summed E-state index contributed by atoms with van der Waals surface area (Å²) < 4.78 is 10.8. The number of fused-ring (bicyclic) bond motifs is 1. The van der Waals surface area contributed by atoms with Crippen LogP contribution in [0.4, 0.5) is 0 Å². The highest BCUT2D eigenvalue weighted by Gasteiger charge is 2.28. The molecule has 0 aliphatic heterocycles. The molecule has 0 spiro atoms. The van der Waals surface area contributed by atoms with Gasteiger partial charge in [0.25, 0.3) is 5.65 Å². The van der Waals surface area contributed by atoms with E-state index >= 15 is 0 Å². The van der Waals surface area contributed by atoms with Gasteiger partial charge in [0.05, 0.1) is 17.1 Å². The summed E-state index contributed by atoms with van der Waals surface area (Å²) in [6.45, 7) is 2.17.